The smallest absolute Gasteiger partial charge is 0.227 e. The molecule has 2 aromatic heterocycles. The van der Waals surface area contributed by atoms with Gasteiger partial charge in [-0.2, -0.15) is 0 Å². The summed E-state index contributed by atoms with van der Waals surface area (Å²) in [6.07, 6.45) is 9.19. The number of carbonyl (C=O) groups excluding carboxylic acids is 1. The van der Waals surface area contributed by atoms with Crippen LogP contribution in [0.4, 0.5) is 4.39 Å². The molecular formula is C26H29FN4O. The normalized spacial score (nSPS) is 21.3. The van der Waals surface area contributed by atoms with Crippen molar-refractivity contribution in [3.63, 3.8) is 0 Å². The number of fused-ring (bicyclic) bond motifs is 1. The zero-order valence-corrected chi connectivity index (χ0v) is 18.2. The van der Waals surface area contributed by atoms with E-state index in [-0.39, 0.29) is 18.1 Å². The Labute approximate surface area is 188 Å². The van der Waals surface area contributed by atoms with Gasteiger partial charge in [0.25, 0.3) is 0 Å². The van der Waals surface area contributed by atoms with Crippen molar-refractivity contribution in [2.45, 2.75) is 38.3 Å². The van der Waals surface area contributed by atoms with Crippen molar-refractivity contribution in [2.75, 3.05) is 19.6 Å². The summed E-state index contributed by atoms with van der Waals surface area (Å²) in [6.45, 7) is 3.50. The third kappa shape index (κ3) is 4.32. The summed E-state index contributed by atoms with van der Waals surface area (Å²) in [5.41, 5.74) is 2.83. The number of aromatic nitrogens is 2. The van der Waals surface area contributed by atoms with E-state index in [0.717, 1.165) is 51.1 Å². The monoisotopic (exact) mass is 432 g/mol. The van der Waals surface area contributed by atoms with Gasteiger partial charge in [0.15, 0.2) is 0 Å². The first-order valence-corrected chi connectivity index (χ1v) is 11.5. The maximum Gasteiger partial charge on any atom is 0.227 e. The van der Waals surface area contributed by atoms with Crippen LogP contribution in [0.15, 0.2) is 67.1 Å². The molecule has 2 saturated heterocycles. The largest absolute Gasteiger partial charge is 0.342 e. The van der Waals surface area contributed by atoms with Crippen LogP contribution in [0.3, 0.4) is 0 Å². The minimum atomic E-state index is -0.295. The predicted molar refractivity (Wildman–Crippen MR) is 122 cm³/mol. The van der Waals surface area contributed by atoms with Crippen LogP contribution in [-0.2, 0) is 17.8 Å². The molecule has 0 unspecified atom stereocenters. The van der Waals surface area contributed by atoms with Gasteiger partial charge in [-0.3, -0.25) is 14.7 Å². The van der Waals surface area contributed by atoms with Gasteiger partial charge >= 0.3 is 0 Å². The molecule has 32 heavy (non-hydrogen) atoms. The number of carbonyl (C=O) groups is 1. The average molecular weight is 433 g/mol. The van der Waals surface area contributed by atoms with Crippen molar-refractivity contribution in [3.8, 4) is 5.69 Å². The van der Waals surface area contributed by atoms with Gasteiger partial charge in [0.1, 0.15) is 5.82 Å². The maximum atomic E-state index is 14.0. The zero-order valence-electron chi connectivity index (χ0n) is 18.2. The number of rotatable bonds is 5. The summed E-state index contributed by atoms with van der Waals surface area (Å²) in [5.74, 6) is 0.219. The van der Waals surface area contributed by atoms with Gasteiger partial charge in [0, 0.05) is 43.8 Å². The van der Waals surface area contributed by atoms with E-state index in [0.29, 0.717) is 17.5 Å². The minimum Gasteiger partial charge on any atom is -0.342 e. The van der Waals surface area contributed by atoms with Crippen LogP contribution in [-0.4, -0.2) is 50.9 Å². The number of halogens is 1. The number of benzene rings is 1. The van der Waals surface area contributed by atoms with Gasteiger partial charge in [-0.15, -0.1) is 0 Å². The van der Waals surface area contributed by atoms with Crippen LogP contribution in [0.25, 0.3) is 5.69 Å². The number of hydrogen-bond acceptors (Lipinski definition) is 3. The Kier molecular flexibility index (Phi) is 6.04. The molecule has 0 bridgehead atoms. The Bertz CT molecular complexity index is 1070. The number of amides is 1. The zero-order chi connectivity index (χ0) is 21.9. The fraction of sp³-hybridized carbons (Fsp3) is 0.385. The predicted octanol–water partition coefficient (Wildman–Crippen LogP) is 4.07. The van der Waals surface area contributed by atoms with E-state index >= 15 is 0 Å². The molecule has 0 spiro atoms. The van der Waals surface area contributed by atoms with Crippen LogP contribution in [0, 0.1) is 11.7 Å². The van der Waals surface area contributed by atoms with Gasteiger partial charge in [0.05, 0.1) is 18.3 Å². The topological polar surface area (TPSA) is 41.4 Å². The van der Waals surface area contributed by atoms with E-state index in [4.69, 9.17) is 0 Å². The highest BCUT2D eigenvalue weighted by molar-refractivity contribution is 5.79. The summed E-state index contributed by atoms with van der Waals surface area (Å²) >= 11 is 0. The summed E-state index contributed by atoms with van der Waals surface area (Å²) in [7, 11) is 0. The Morgan fingerprint density at radius 3 is 2.81 bits per heavy atom. The maximum absolute atomic E-state index is 14.0. The Balaban J connectivity index is 1.25. The first-order valence-electron chi connectivity index (χ1n) is 11.5. The molecule has 1 aromatic carbocycles. The molecule has 0 aliphatic carbocycles. The highest BCUT2D eigenvalue weighted by atomic mass is 19.1. The lowest BCUT2D eigenvalue weighted by Gasteiger charge is -2.47. The first kappa shape index (κ1) is 20.9. The third-order valence-corrected chi connectivity index (χ3v) is 6.96. The van der Waals surface area contributed by atoms with Crippen LogP contribution in [0.2, 0.25) is 0 Å². The Morgan fingerprint density at radius 2 is 1.97 bits per heavy atom. The SMILES string of the molecule is O=C(Cc1ccccc1F)N1CC[C@H]2[C@H](CCCN2Cc2cccn2-c2cccnc2)C1. The number of pyridine rings is 1. The van der Waals surface area contributed by atoms with Crippen molar-refractivity contribution >= 4 is 5.91 Å². The molecule has 2 atom stereocenters. The number of hydrogen-bond donors (Lipinski definition) is 0. The lowest BCUT2D eigenvalue weighted by molar-refractivity contribution is -0.134. The second-order valence-electron chi connectivity index (χ2n) is 8.92. The lowest BCUT2D eigenvalue weighted by Crippen LogP contribution is -2.55. The molecule has 0 radical (unpaired) electrons. The van der Waals surface area contributed by atoms with Crippen molar-refractivity contribution in [1.29, 1.82) is 0 Å². The second kappa shape index (κ2) is 9.25. The van der Waals surface area contributed by atoms with Crippen molar-refractivity contribution in [1.82, 2.24) is 19.4 Å². The molecule has 5 rings (SSSR count). The summed E-state index contributed by atoms with van der Waals surface area (Å²) in [6, 6.07) is 15.4. The van der Waals surface area contributed by atoms with Crippen LogP contribution in [0.5, 0.6) is 0 Å². The van der Waals surface area contributed by atoms with Crippen LogP contribution < -0.4 is 0 Å². The van der Waals surface area contributed by atoms with E-state index in [2.05, 4.69) is 38.8 Å². The van der Waals surface area contributed by atoms with Gasteiger partial charge < -0.3 is 9.47 Å². The Hall–Kier alpha value is -2.99. The molecule has 3 aromatic rings. The molecule has 2 fully saturated rings. The van der Waals surface area contributed by atoms with Gasteiger partial charge in [0.2, 0.25) is 5.91 Å². The van der Waals surface area contributed by atoms with Crippen molar-refractivity contribution < 1.29 is 9.18 Å². The molecule has 2 aliphatic rings. The van der Waals surface area contributed by atoms with E-state index in [1.165, 1.54) is 11.8 Å². The quantitative estimate of drug-likeness (QED) is 0.610. The minimum absolute atomic E-state index is 0.0381. The molecule has 166 valence electrons. The molecule has 4 heterocycles. The van der Waals surface area contributed by atoms with Gasteiger partial charge in [-0.1, -0.05) is 18.2 Å². The van der Waals surface area contributed by atoms with Crippen molar-refractivity contribution in [2.24, 2.45) is 5.92 Å². The summed E-state index contributed by atoms with van der Waals surface area (Å²) in [5, 5.41) is 0. The van der Waals surface area contributed by atoms with Crippen LogP contribution in [0.1, 0.15) is 30.5 Å². The molecule has 2 aliphatic heterocycles. The number of likely N-dealkylation sites (tertiary alicyclic amines) is 2. The third-order valence-electron chi connectivity index (χ3n) is 6.96. The second-order valence-corrected chi connectivity index (χ2v) is 8.92. The number of nitrogens with zero attached hydrogens (tertiary/aromatic N) is 4. The van der Waals surface area contributed by atoms with Crippen molar-refractivity contribution in [3.05, 3.63) is 84.2 Å². The summed E-state index contributed by atoms with van der Waals surface area (Å²) < 4.78 is 16.2. The highest BCUT2D eigenvalue weighted by Gasteiger charge is 2.37. The number of piperidine rings is 2. The van der Waals surface area contributed by atoms with Gasteiger partial charge in [-0.25, -0.2) is 4.39 Å². The molecule has 0 N–H and O–H groups in total. The van der Waals surface area contributed by atoms with Gasteiger partial charge in [-0.05, 0) is 67.6 Å². The fourth-order valence-corrected chi connectivity index (χ4v) is 5.35. The van der Waals surface area contributed by atoms with E-state index in [1.54, 1.807) is 24.4 Å². The molecule has 0 saturated carbocycles. The lowest BCUT2D eigenvalue weighted by atomic mass is 9.83. The molecule has 5 nitrogen and oxygen atoms in total. The fourth-order valence-electron chi connectivity index (χ4n) is 5.35. The molecule has 6 heteroatoms. The van der Waals surface area contributed by atoms with E-state index < -0.39 is 0 Å². The average Bonchev–Trinajstić information content (AvgIpc) is 3.29. The first-order chi connectivity index (χ1) is 15.7. The standard InChI is InChI=1S/C26H29FN4O/c27-24-10-2-1-6-20(24)16-26(32)30-15-11-25-21(18-30)7-4-13-29(25)19-23-9-5-14-31(23)22-8-3-12-28-17-22/h1-3,5-6,8-10,12,14,17,21,25H,4,7,11,13,15-16,18-19H2/t21-,25+/m1/s1. The Morgan fingerprint density at radius 1 is 1.06 bits per heavy atom. The highest BCUT2D eigenvalue weighted by Crippen LogP contribution is 2.32. The summed E-state index contributed by atoms with van der Waals surface area (Å²) in [4.78, 5) is 21.7. The van der Waals surface area contributed by atoms with E-state index in [1.807, 2.05) is 17.2 Å². The molecular weight excluding hydrogens is 403 g/mol. The van der Waals surface area contributed by atoms with Crippen LogP contribution >= 0.6 is 0 Å². The molecule has 1 amide bonds. The van der Waals surface area contributed by atoms with E-state index in [9.17, 15) is 9.18 Å².